The number of nitrogens with one attached hydrogen (secondary N) is 1. The van der Waals surface area contributed by atoms with E-state index in [0.717, 1.165) is 18.0 Å². The highest BCUT2D eigenvalue weighted by atomic mass is 14.9. The normalized spacial score (nSPS) is 17.6. The number of fused-ring (bicyclic) bond motifs is 1. The zero-order chi connectivity index (χ0) is 13.8. The average Bonchev–Trinajstić information content (AvgIpc) is 2.99. The zero-order valence-electron chi connectivity index (χ0n) is 12.3. The molecule has 0 aliphatic heterocycles. The van der Waals surface area contributed by atoms with Crippen molar-refractivity contribution in [2.24, 2.45) is 5.92 Å². The Labute approximate surface area is 121 Å². The number of para-hydroxylation sites is 1. The van der Waals surface area contributed by atoms with Gasteiger partial charge in [-0.15, -0.1) is 0 Å². The van der Waals surface area contributed by atoms with Crippen molar-refractivity contribution in [1.29, 1.82) is 0 Å². The van der Waals surface area contributed by atoms with Crippen molar-refractivity contribution in [3.05, 3.63) is 42.1 Å². The Morgan fingerprint density at radius 3 is 2.85 bits per heavy atom. The van der Waals surface area contributed by atoms with Gasteiger partial charge < -0.3 is 5.32 Å². The van der Waals surface area contributed by atoms with Crippen LogP contribution >= 0.6 is 0 Å². The number of benzene rings is 1. The summed E-state index contributed by atoms with van der Waals surface area (Å²) in [5, 5.41) is 4.90. The molecule has 0 amide bonds. The van der Waals surface area contributed by atoms with Crippen molar-refractivity contribution in [1.82, 2.24) is 10.3 Å². The van der Waals surface area contributed by atoms with Gasteiger partial charge in [-0.05, 0) is 36.6 Å². The number of hydrogen-bond donors (Lipinski definition) is 1. The van der Waals surface area contributed by atoms with Gasteiger partial charge in [0.1, 0.15) is 0 Å². The van der Waals surface area contributed by atoms with Gasteiger partial charge in [-0.3, -0.25) is 4.98 Å². The molecule has 0 radical (unpaired) electrons. The van der Waals surface area contributed by atoms with Crippen LogP contribution in [0.1, 0.15) is 50.6 Å². The second kappa shape index (κ2) is 6.36. The Morgan fingerprint density at radius 2 is 2.05 bits per heavy atom. The molecule has 0 saturated heterocycles. The highest BCUT2D eigenvalue weighted by Gasteiger charge is 2.21. The van der Waals surface area contributed by atoms with Crippen LogP contribution in [0.3, 0.4) is 0 Å². The summed E-state index contributed by atoms with van der Waals surface area (Å²) < 4.78 is 0. The predicted octanol–water partition coefficient (Wildman–Crippen LogP) is 4.47. The molecule has 1 N–H and O–H groups in total. The highest BCUT2D eigenvalue weighted by Crippen LogP contribution is 2.33. The van der Waals surface area contributed by atoms with E-state index in [9.17, 15) is 0 Å². The second-order valence-electron chi connectivity index (χ2n) is 5.96. The van der Waals surface area contributed by atoms with Crippen molar-refractivity contribution in [2.45, 2.75) is 45.1 Å². The second-order valence-corrected chi connectivity index (χ2v) is 5.96. The summed E-state index contributed by atoms with van der Waals surface area (Å²) in [4.78, 5) is 4.62. The molecular formula is C18H24N2. The van der Waals surface area contributed by atoms with Gasteiger partial charge in [-0.1, -0.05) is 50.8 Å². The van der Waals surface area contributed by atoms with E-state index in [1.807, 2.05) is 0 Å². The van der Waals surface area contributed by atoms with E-state index < -0.39 is 0 Å². The van der Waals surface area contributed by atoms with Crippen molar-refractivity contribution < 1.29 is 0 Å². The molecule has 2 heteroatoms. The Bertz CT molecular complexity index is 558. The van der Waals surface area contributed by atoms with Crippen LogP contribution in [0.15, 0.2) is 36.5 Å². The molecule has 1 aliphatic rings. The molecular weight excluding hydrogens is 244 g/mol. The first-order valence-corrected chi connectivity index (χ1v) is 7.95. The summed E-state index contributed by atoms with van der Waals surface area (Å²) in [5.74, 6) is 0.894. The fourth-order valence-corrected chi connectivity index (χ4v) is 3.44. The molecule has 1 aliphatic carbocycles. The van der Waals surface area contributed by atoms with Crippen LogP contribution < -0.4 is 5.32 Å². The molecule has 2 nitrogen and oxygen atoms in total. The minimum Gasteiger partial charge on any atom is -0.310 e. The third-order valence-electron chi connectivity index (χ3n) is 4.51. The summed E-state index contributed by atoms with van der Waals surface area (Å²) in [6.07, 6.45) is 8.96. The summed E-state index contributed by atoms with van der Waals surface area (Å²) in [6, 6.07) is 11.1. The smallest absolute Gasteiger partial charge is 0.0702 e. The van der Waals surface area contributed by atoms with E-state index in [1.54, 1.807) is 0 Å². The molecule has 1 saturated carbocycles. The monoisotopic (exact) mass is 268 g/mol. The van der Waals surface area contributed by atoms with E-state index in [4.69, 9.17) is 0 Å². The molecule has 1 atom stereocenters. The van der Waals surface area contributed by atoms with Gasteiger partial charge in [0, 0.05) is 17.6 Å². The molecule has 1 aromatic heterocycles. The van der Waals surface area contributed by atoms with Gasteiger partial charge in [0.05, 0.1) is 5.52 Å². The first kappa shape index (κ1) is 13.6. The van der Waals surface area contributed by atoms with E-state index in [-0.39, 0.29) is 0 Å². The lowest BCUT2D eigenvalue weighted by molar-refractivity contribution is 0.400. The maximum Gasteiger partial charge on any atom is 0.0702 e. The SMILES string of the molecule is CCNC(CC1CCCC1)c1cnc2ccccc2c1. The van der Waals surface area contributed by atoms with Gasteiger partial charge in [-0.2, -0.15) is 0 Å². The van der Waals surface area contributed by atoms with Crippen LogP contribution in [-0.4, -0.2) is 11.5 Å². The fraction of sp³-hybridized carbons (Fsp3) is 0.500. The molecule has 0 bridgehead atoms. The Kier molecular flexibility index (Phi) is 4.31. The van der Waals surface area contributed by atoms with Crippen LogP contribution in [0.5, 0.6) is 0 Å². The Hall–Kier alpha value is -1.41. The van der Waals surface area contributed by atoms with Gasteiger partial charge in [0.25, 0.3) is 0 Å². The number of pyridine rings is 1. The standard InChI is InChI=1S/C18H24N2/c1-2-19-18(11-14-7-3-4-8-14)16-12-15-9-5-6-10-17(15)20-13-16/h5-6,9-10,12-14,18-19H,2-4,7-8,11H2,1H3. The molecule has 1 unspecified atom stereocenters. The maximum absolute atomic E-state index is 4.62. The minimum absolute atomic E-state index is 0.459. The first-order valence-electron chi connectivity index (χ1n) is 7.95. The lowest BCUT2D eigenvalue weighted by Gasteiger charge is -2.22. The topological polar surface area (TPSA) is 24.9 Å². The van der Waals surface area contributed by atoms with Crippen molar-refractivity contribution in [3.8, 4) is 0 Å². The number of rotatable bonds is 5. The molecule has 20 heavy (non-hydrogen) atoms. The quantitative estimate of drug-likeness (QED) is 0.865. The third-order valence-corrected chi connectivity index (χ3v) is 4.51. The van der Waals surface area contributed by atoms with E-state index in [1.165, 1.54) is 43.1 Å². The van der Waals surface area contributed by atoms with Crippen molar-refractivity contribution in [2.75, 3.05) is 6.54 Å². The van der Waals surface area contributed by atoms with E-state index >= 15 is 0 Å². The summed E-state index contributed by atoms with van der Waals surface area (Å²) in [5.41, 5.74) is 2.44. The maximum atomic E-state index is 4.62. The van der Waals surface area contributed by atoms with Gasteiger partial charge >= 0.3 is 0 Å². The number of nitrogens with zero attached hydrogens (tertiary/aromatic N) is 1. The van der Waals surface area contributed by atoms with Gasteiger partial charge in [0.2, 0.25) is 0 Å². The molecule has 106 valence electrons. The van der Waals surface area contributed by atoms with E-state index in [2.05, 4.69) is 53.8 Å². The summed E-state index contributed by atoms with van der Waals surface area (Å²) in [6.45, 7) is 3.21. The summed E-state index contributed by atoms with van der Waals surface area (Å²) in [7, 11) is 0. The highest BCUT2D eigenvalue weighted by molar-refractivity contribution is 5.78. The van der Waals surface area contributed by atoms with Crippen LogP contribution in [0.4, 0.5) is 0 Å². The molecule has 1 aromatic carbocycles. The molecule has 1 fully saturated rings. The van der Waals surface area contributed by atoms with Gasteiger partial charge in [0.15, 0.2) is 0 Å². The first-order chi connectivity index (χ1) is 9.86. The molecule has 3 rings (SSSR count). The van der Waals surface area contributed by atoms with Crippen molar-refractivity contribution >= 4 is 10.9 Å². The molecule has 2 aromatic rings. The largest absolute Gasteiger partial charge is 0.310 e. The van der Waals surface area contributed by atoms with Crippen LogP contribution in [0.25, 0.3) is 10.9 Å². The lowest BCUT2D eigenvalue weighted by atomic mass is 9.93. The number of hydrogen-bond acceptors (Lipinski definition) is 2. The average molecular weight is 268 g/mol. The predicted molar refractivity (Wildman–Crippen MR) is 84.7 cm³/mol. The van der Waals surface area contributed by atoms with Crippen molar-refractivity contribution in [3.63, 3.8) is 0 Å². The lowest BCUT2D eigenvalue weighted by Crippen LogP contribution is -2.23. The zero-order valence-corrected chi connectivity index (χ0v) is 12.3. The van der Waals surface area contributed by atoms with E-state index in [0.29, 0.717) is 6.04 Å². The fourth-order valence-electron chi connectivity index (χ4n) is 3.44. The Morgan fingerprint density at radius 1 is 1.25 bits per heavy atom. The van der Waals surface area contributed by atoms with Crippen LogP contribution in [0, 0.1) is 5.92 Å². The third kappa shape index (κ3) is 3.01. The number of aromatic nitrogens is 1. The van der Waals surface area contributed by atoms with Gasteiger partial charge in [-0.25, -0.2) is 0 Å². The van der Waals surface area contributed by atoms with Crippen LogP contribution in [-0.2, 0) is 0 Å². The minimum atomic E-state index is 0.459. The van der Waals surface area contributed by atoms with Crippen LogP contribution in [0.2, 0.25) is 0 Å². The summed E-state index contributed by atoms with van der Waals surface area (Å²) >= 11 is 0. The molecule has 1 heterocycles. The Balaban J connectivity index is 1.83. The molecule has 0 spiro atoms.